The van der Waals surface area contributed by atoms with Gasteiger partial charge >= 0.3 is 0 Å². The summed E-state index contributed by atoms with van der Waals surface area (Å²) >= 11 is 0. The molecule has 3 N–H and O–H groups in total. The third-order valence-corrected chi connectivity index (χ3v) is 5.50. The molecule has 0 amide bonds. The van der Waals surface area contributed by atoms with E-state index in [2.05, 4.69) is 4.72 Å². The fourth-order valence-corrected chi connectivity index (χ4v) is 4.07. The highest BCUT2D eigenvalue weighted by Gasteiger charge is 2.20. The van der Waals surface area contributed by atoms with Crippen LogP contribution >= 0.6 is 0 Å². The Morgan fingerprint density at radius 2 is 1.70 bits per heavy atom. The molecule has 0 unspecified atom stereocenters. The molecule has 1 saturated carbocycles. The molecule has 1 fully saturated rings. The van der Waals surface area contributed by atoms with Crippen LogP contribution in [0.25, 0.3) is 0 Å². The maximum Gasteiger partial charge on any atom is 0.240 e. The van der Waals surface area contributed by atoms with Gasteiger partial charge in [0.05, 0.1) is 4.90 Å². The number of nitrogens with two attached hydrogens (primary N) is 1. The van der Waals surface area contributed by atoms with Crippen LogP contribution in [0.15, 0.2) is 23.1 Å². The van der Waals surface area contributed by atoms with Gasteiger partial charge in [0.25, 0.3) is 0 Å². The number of hydrogen-bond acceptors (Lipinski definition) is 3. The van der Waals surface area contributed by atoms with Crippen molar-refractivity contribution < 1.29 is 8.42 Å². The van der Waals surface area contributed by atoms with Crippen LogP contribution in [0.5, 0.6) is 0 Å². The van der Waals surface area contributed by atoms with Gasteiger partial charge in [-0.1, -0.05) is 32.1 Å². The molecule has 0 saturated heterocycles. The molecule has 0 aliphatic heterocycles. The van der Waals surface area contributed by atoms with Crippen molar-refractivity contribution in [2.24, 2.45) is 0 Å². The van der Waals surface area contributed by atoms with Gasteiger partial charge < -0.3 is 5.73 Å². The summed E-state index contributed by atoms with van der Waals surface area (Å²) in [4.78, 5) is 0.311. The first-order valence-electron chi connectivity index (χ1n) is 7.37. The van der Waals surface area contributed by atoms with Crippen molar-refractivity contribution in [2.75, 3.05) is 5.73 Å². The van der Waals surface area contributed by atoms with Gasteiger partial charge in [-0.15, -0.1) is 0 Å². The van der Waals surface area contributed by atoms with Crippen molar-refractivity contribution in [3.05, 3.63) is 23.8 Å². The maximum absolute atomic E-state index is 12.4. The lowest BCUT2D eigenvalue weighted by Gasteiger charge is -2.21. The zero-order chi connectivity index (χ0) is 14.6. The Kier molecular flexibility index (Phi) is 5.05. The van der Waals surface area contributed by atoms with E-state index in [0.717, 1.165) is 31.2 Å². The third-order valence-electron chi connectivity index (χ3n) is 3.98. The molecule has 4 nitrogen and oxygen atoms in total. The smallest absolute Gasteiger partial charge is 0.240 e. The second kappa shape index (κ2) is 6.59. The van der Waals surface area contributed by atoms with Gasteiger partial charge in [0.2, 0.25) is 10.0 Å². The molecule has 1 aliphatic carbocycles. The van der Waals surface area contributed by atoms with E-state index in [0.29, 0.717) is 10.6 Å². The van der Waals surface area contributed by atoms with Gasteiger partial charge in [0.1, 0.15) is 0 Å². The van der Waals surface area contributed by atoms with Gasteiger partial charge in [-0.2, -0.15) is 0 Å². The lowest BCUT2D eigenvalue weighted by atomic mass is 9.97. The average molecular weight is 296 g/mol. The van der Waals surface area contributed by atoms with Crippen molar-refractivity contribution in [3.8, 4) is 0 Å². The van der Waals surface area contributed by atoms with Crippen LogP contribution < -0.4 is 10.5 Å². The Hall–Kier alpha value is -1.07. The lowest BCUT2D eigenvalue weighted by Crippen LogP contribution is -2.35. The molecule has 5 heteroatoms. The minimum absolute atomic E-state index is 0.0677. The fourth-order valence-electron chi connectivity index (χ4n) is 2.68. The van der Waals surface area contributed by atoms with Crippen molar-refractivity contribution >= 4 is 15.7 Å². The molecular weight excluding hydrogens is 272 g/mol. The predicted molar refractivity (Wildman–Crippen MR) is 82.0 cm³/mol. The third kappa shape index (κ3) is 3.96. The highest BCUT2D eigenvalue weighted by Crippen LogP contribution is 2.21. The van der Waals surface area contributed by atoms with Crippen LogP contribution in [0, 0.1) is 6.92 Å². The standard InChI is InChI=1S/C15H24N2O2S/c1-12-11-14(9-10-15(12)16)20(18,19)17-13-7-5-3-2-4-6-8-13/h9-11,13,17H,2-8,16H2,1H3. The summed E-state index contributed by atoms with van der Waals surface area (Å²) < 4.78 is 27.7. The van der Waals surface area contributed by atoms with E-state index in [9.17, 15) is 8.42 Å². The van der Waals surface area contributed by atoms with Gasteiger partial charge in [0.15, 0.2) is 0 Å². The molecule has 1 aliphatic rings. The maximum atomic E-state index is 12.4. The van der Waals surface area contributed by atoms with Gasteiger partial charge in [-0.25, -0.2) is 13.1 Å². The first-order chi connectivity index (χ1) is 9.49. The van der Waals surface area contributed by atoms with Crippen LogP contribution in [-0.4, -0.2) is 14.5 Å². The van der Waals surface area contributed by atoms with Gasteiger partial charge in [0, 0.05) is 11.7 Å². The van der Waals surface area contributed by atoms with Crippen molar-refractivity contribution in [3.63, 3.8) is 0 Å². The van der Waals surface area contributed by atoms with Crippen molar-refractivity contribution in [1.82, 2.24) is 4.72 Å². The Morgan fingerprint density at radius 3 is 2.30 bits per heavy atom. The zero-order valence-electron chi connectivity index (χ0n) is 12.1. The number of aryl methyl sites for hydroxylation is 1. The summed E-state index contributed by atoms with van der Waals surface area (Å²) in [6.07, 6.45) is 7.78. The monoisotopic (exact) mass is 296 g/mol. The quantitative estimate of drug-likeness (QED) is 0.842. The topological polar surface area (TPSA) is 72.2 Å². The number of nitrogens with one attached hydrogen (secondary N) is 1. The molecule has 0 spiro atoms. The molecule has 0 bridgehead atoms. The number of hydrogen-bond donors (Lipinski definition) is 2. The molecule has 112 valence electrons. The van der Waals surface area contributed by atoms with Crippen LogP contribution in [-0.2, 0) is 10.0 Å². The molecule has 1 aromatic rings. The Morgan fingerprint density at radius 1 is 1.10 bits per heavy atom. The number of nitrogen functional groups attached to an aromatic ring is 1. The summed E-state index contributed by atoms with van der Waals surface area (Å²) in [5, 5.41) is 0. The molecule has 1 aromatic carbocycles. The zero-order valence-corrected chi connectivity index (χ0v) is 12.9. The normalized spacial score (nSPS) is 18.4. The number of benzene rings is 1. The Bertz CT molecular complexity index is 547. The Labute approximate surface area is 121 Å². The molecular formula is C15H24N2O2S. The van der Waals surface area contributed by atoms with Crippen LogP contribution in [0.4, 0.5) is 5.69 Å². The predicted octanol–water partition coefficient (Wildman–Crippen LogP) is 2.97. The minimum Gasteiger partial charge on any atom is -0.399 e. The number of anilines is 1. The first-order valence-corrected chi connectivity index (χ1v) is 8.86. The minimum atomic E-state index is -3.43. The summed E-state index contributed by atoms with van der Waals surface area (Å²) in [6.45, 7) is 1.82. The average Bonchev–Trinajstić information content (AvgIpc) is 2.35. The summed E-state index contributed by atoms with van der Waals surface area (Å²) in [5.41, 5.74) is 7.16. The highest BCUT2D eigenvalue weighted by atomic mass is 32.2. The SMILES string of the molecule is Cc1cc(S(=O)(=O)NC2CCCCCCC2)ccc1N. The second-order valence-corrected chi connectivity index (χ2v) is 7.40. The summed E-state index contributed by atoms with van der Waals surface area (Å²) in [7, 11) is -3.43. The highest BCUT2D eigenvalue weighted by molar-refractivity contribution is 7.89. The molecule has 0 aromatic heterocycles. The van der Waals surface area contributed by atoms with E-state index in [1.165, 1.54) is 19.3 Å². The second-order valence-electron chi connectivity index (χ2n) is 5.68. The Balaban J connectivity index is 2.10. The largest absolute Gasteiger partial charge is 0.399 e. The number of sulfonamides is 1. The molecule has 20 heavy (non-hydrogen) atoms. The van der Waals surface area contributed by atoms with Gasteiger partial charge in [-0.05, 0) is 43.5 Å². The number of rotatable bonds is 3. The van der Waals surface area contributed by atoms with Crippen LogP contribution in [0.3, 0.4) is 0 Å². The van der Waals surface area contributed by atoms with E-state index in [1.807, 2.05) is 6.92 Å². The van der Waals surface area contributed by atoms with E-state index in [1.54, 1.807) is 18.2 Å². The molecule has 2 rings (SSSR count). The lowest BCUT2D eigenvalue weighted by molar-refractivity contribution is 0.426. The van der Waals surface area contributed by atoms with Crippen molar-refractivity contribution in [1.29, 1.82) is 0 Å². The van der Waals surface area contributed by atoms with E-state index >= 15 is 0 Å². The molecule has 0 radical (unpaired) electrons. The van der Waals surface area contributed by atoms with Crippen LogP contribution in [0.2, 0.25) is 0 Å². The summed E-state index contributed by atoms with van der Waals surface area (Å²) in [6, 6.07) is 4.94. The van der Waals surface area contributed by atoms with Crippen molar-refractivity contribution in [2.45, 2.75) is 62.8 Å². The van der Waals surface area contributed by atoms with Crippen LogP contribution in [0.1, 0.15) is 50.5 Å². The first kappa shape index (κ1) is 15.3. The van der Waals surface area contributed by atoms with E-state index in [-0.39, 0.29) is 6.04 Å². The van der Waals surface area contributed by atoms with E-state index < -0.39 is 10.0 Å². The van der Waals surface area contributed by atoms with Gasteiger partial charge in [-0.3, -0.25) is 0 Å². The molecule has 0 heterocycles. The van der Waals surface area contributed by atoms with E-state index in [4.69, 9.17) is 5.73 Å². The fraction of sp³-hybridized carbons (Fsp3) is 0.600. The molecule has 0 atom stereocenters. The summed E-state index contributed by atoms with van der Waals surface area (Å²) in [5.74, 6) is 0.